The second-order valence-electron chi connectivity index (χ2n) is 6.90. The van der Waals surface area contributed by atoms with Crippen LogP contribution in [0.1, 0.15) is 46.8 Å². The average Bonchev–Trinajstić information content (AvgIpc) is 3.10. The molecule has 5 nitrogen and oxygen atoms in total. The molecule has 1 aliphatic rings. The molecule has 1 saturated carbocycles. The highest BCUT2D eigenvalue weighted by atomic mass is 19.1. The second kappa shape index (κ2) is 7.40. The molecule has 2 heterocycles. The fourth-order valence-corrected chi connectivity index (χ4v) is 3.29. The lowest BCUT2D eigenvalue weighted by Gasteiger charge is -2.25. The number of nitrogens with zero attached hydrogens (tertiary/aromatic N) is 3. The van der Waals surface area contributed by atoms with Crippen molar-refractivity contribution >= 4 is 5.78 Å². The molecule has 0 saturated heterocycles. The van der Waals surface area contributed by atoms with E-state index in [1.165, 1.54) is 18.6 Å². The normalized spacial score (nSPS) is 14.1. The zero-order chi connectivity index (χ0) is 18.8. The molecule has 138 valence electrons. The maximum Gasteiger partial charge on any atom is 0.196 e. The molecule has 0 spiro atoms. The van der Waals surface area contributed by atoms with Crippen LogP contribution in [0.4, 0.5) is 4.39 Å². The molecular formula is C21H21FN4O. The monoisotopic (exact) mass is 364 g/mol. The Hall–Kier alpha value is -2.86. The lowest BCUT2D eigenvalue weighted by atomic mass is 9.93. The lowest BCUT2D eigenvalue weighted by molar-refractivity contribution is 0.103. The second-order valence-corrected chi connectivity index (χ2v) is 6.90. The minimum atomic E-state index is -0.451. The van der Waals surface area contributed by atoms with Crippen LogP contribution in [0.2, 0.25) is 0 Å². The number of halogens is 1. The minimum absolute atomic E-state index is 0.247. The van der Waals surface area contributed by atoms with Crippen molar-refractivity contribution in [3.63, 3.8) is 0 Å². The number of hydrogen-bond acceptors (Lipinski definition) is 4. The van der Waals surface area contributed by atoms with Gasteiger partial charge in [-0.25, -0.2) is 4.39 Å². The summed E-state index contributed by atoms with van der Waals surface area (Å²) in [6, 6.07) is 8.36. The summed E-state index contributed by atoms with van der Waals surface area (Å²) in [5.74, 6) is -0.698. The molecule has 0 unspecified atom stereocenters. The molecule has 2 N–H and O–H groups in total. The van der Waals surface area contributed by atoms with E-state index in [4.69, 9.17) is 5.73 Å². The highest BCUT2D eigenvalue weighted by Gasteiger charge is 2.23. The molecular weight excluding hydrogens is 343 g/mol. The maximum absolute atomic E-state index is 13.9. The van der Waals surface area contributed by atoms with Crippen molar-refractivity contribution in [3.05, 3.63) is 71.4 Å². The van der Waals surface area contributed by atoms with Gasteiger partial charge >= 0.3 is 0 Å². The predicted octanol–water partition coefficient (Wildman–Crippen LogP) is 3.54. The SMILES string of the molecule is NCCc1ccc(-c2ccc(F)cc2C(=O)c2cnn(C3CCC3)c2)nc1. The maximum atomic E-state index is 13.9. The topological polar surface area (TPSA) is 73.8 Å². The van der Waals surface area contributed by atoms with Crippen LogP contribution < -0.4 is 5.73 Å². The number of carbonyl (C=O) groups excluding carboxylic acids is 1. The summed E-state index contributed by atoms with van der Waals surface area (Å²) in [4.78, 5) is 17.5. The van der Waals surface area contributed by atoms with Gasteiger partial charge in [0.15, 0.2) is 5.78 Å². The van der Waals surface area contributed by atoms with Gasteiger partial charge in [-0.05, 0) is 62.1 Å². The summed E-state index contributed by atoms with van der Waals surface area (Å²) in [5.41, 5.74) is 8.59. The van der Waals surface area contributed by atoms with Gasteiger partial charge in [-0.2, -0.15) is 5.10 Å². The standard InChI is InChI=1S/C21H21FN4O/c22-16-5-6-18(20-7-4-14(8-9-23)11-24-20)19(10-16)21(27)15-12-25-26(13-15)17-2-1-3-17/h4-7,10-13,17H,1-3,8-9,23H2. The van der Waals surface area contributed by atoms with E-state index < -0.39 is 5.82 Å². The van der Waals surface area contributed by atoms with Crippen molar-refractivity contribution < 1.29 is 9.18 Å². The van der Waals surface area contributed by atoms with Crippen LogP contribution in [0.3, 0.4) is 0 Å². The van der Waals surface area contributed by atoms with Crippen LogP contribution in [-0.2, 0) is 6.42 Å². The zero-order valence-electron chi connectivity index (χ0n) is 14.9. The number of pyridine rings is 1. The Morgan fingerprint density at radius 1 is 1.22 bits per heavy atom. The van der Waals surface area contributed by atoms with E-state index in [0.717, 1.165) is 24.8 Å². The van der Waals surface area contributed by atoms with Crippen LogP contribution in [-0.4, -0.2) is 27.1 Å². The Balaban J connectivity index is 1.68. The quantitative estimate of drug-likeness (QED) is 0.679. The fourth-order valence-electron chi connectivity index (χ4n) is 3.29. The summed E-state index contributed by atoms with van der Waals surface area (Å²) in [6.07, 6.45) is 9.16. The molecule has 0 atom stereocenters. The minimum Gasteiger partial charge on any atom is -0.330 e. The third-order valence-electron chi connectivity index (χ3n) is 5.07. The first-order chi connectivity index (χ1) is 13.2. The highest BCUT2D eigenvalue weighted by molar-refractivity contribution is 6.12. The Kier molecular flexibility index (Phi) is 4.81. The molecule has 1 fully saturated rings. The van der Waals surface area contributed by atoms with Gasteiger partial charge in [0, 0.05) is 23.5 Å². The number of nitrogens with two attached hydrogens (primary N) is 1. The zero-order valence-corrected chi connectivity index (χ0v) is 14.9. The largest absolute Gasteiger partial charge is 0.330 e. The average molecular weight is 364 g/mol. The van der Waals surface area contributed by atoms with E-state index >= 15 is 0 Å². The number of benzene rings is 1. The van der Waals surface area contributed by atoms with Crippen LogP contribution in [0.5, 0.6) is 0 Å². The van der Waals surface area contributed by atoms with E-state index in [1.807, 2.05) is 16.8 Å². The third-order valence-corrected chi connectivity index (χ3v) is 5.07. The number of rotatable bonds is 6. The van der Waals surface area contributed by atoms with Crippen molar-refractivity contribution in [3.8, 4) is 11.3 Å². The van der Waals surface area contributed by atoms with Gasteiger partial charge in [-0.3, -0.25) is 14.5 Å². The van der Waals surface area contributed by atoms with Crippen LogP contribution in [0.25, 0.3) is 11.3 Å². The highest BCUT2D eigenvalue weighted by Crippen LogP contribution is 2.31. The number of carbonyl (C=O) groups is 1. The molecule has 6 heteroatoms. The molecule has 3 aromatic rings. The van der Waals surface area contributed by atoms with Gasteiger partial charge in [0.2, 0.25) is 0 Å². The van der Waals surface area contributed by atoms with E-state index in [9.17, 15) is 9.18 Å². The van der Waals surface area contributed by atoms with Gasteiger partial charge in [0.25, 0.3) is 0 Å². The van der Waals surface area contributed by atoms with E-state index in [0.29, 0.717) is 35.0 Å². The Morgan fingerprint density at radius 3 is 2.74 bits per heavy atom. The van der Waals surface area contributed by atoms with Crippen molar-refractivity contribution in [2.75, 3.05) is 6.54 Å². The summed E-state index contributed by atoms with van der Waals surface area (Å²) < 4.78 is 15.7. The summed E-state index contributed by atoms with van der Waals surface area (Å²) >= 11 is 0. The van der Waals surface area contributed by atoms with Gasteiger partial charge in [0.1, 0.15) is 5.82 Å². The Bertz CT molecular complexity index is 961. The molecule has 1 aromatic carbocycles. The smallest absolute Gasteiger partial charge is 0.196 e. The molecule has 27 heavy (non-hydrogen) atoms. The molecule has 0 aliphatic heterocycles. The first kappa shape index (κ1) is 17.5. The van der Waals surface area contributed by atoms with Crippen molar-refractivity contribution in [2.24, 2.45) is 5.73 Å². The third kappa shape index (κ3) is 3.53. The van der Waals surface area contributed by atoms with Gasteiger partial charge in [-0.15, -0.1) is 0 Å². The van der Waals surface area contributed by atoms with Gasteiger partial charge in [-0.1, -0.05) is 6.07 Å². The molecule has 1 aliphatic carbocycles. The Labute approximate surface area is 157 Å². The van der Waals surface area contributed by atoms with E-state index in [2.05, 4.69) is 10.1 Å². The van der Waals surface area contributed by atoms with E-state index in [-0.39, 0.29) is 5.78 Å². The fraction of sp³-hybridized carbons (Fsp3) is 0.286. The van der Waals surface area contributed by atoms with Crippen LogP contribution in [0.15, 0.2) is 48.9 Å². The molecule has 4 rings (SSSR count). The number of aromatic nitrogens is 3. The molecule has 2 aromatic heterocycles. The first-order valence-corrected chi connectivity index (χ1v) is 9.19. The molecule has 0 bridgehead atoms. The summed E-state index contributed by atoms with van der Waals surface area (Å²) in [5, 5.41) is 4.32. The van der Waals surface area contributed by atoms with Crippen molar-refractivity contribution in [1.82, 2.24) is 14.8 Å². The number of ketones is 1. The molecule has 0 radical (unpaired) electrons. The summed E-state index contributed by atoms with van der Waals surface area (Å²) in [6.45, 7) is 0.548. The molecule has 0 amide bonds. The van der Waals surface area contributed by atoms with Crippen molar-refractivity contribution in [2.45, 2.75) is 31.7 Å². The number of hydrogen-bond donors (Lipinski definition) is 1. The van der Waals surface area contributed by atoms with Crippen LogP contribution in [0, 0.1) is 5.82 Å². The van der Waals surface area contributed by atoms with Gasteiger partial charge in [0.05, 0.1) is 23.5 Å². The van der Waals surface area contributed by atoms with Crippen molar-refractivity contribution in [1.29, 1.82) is 0 Å². The Morgan fingerprint density at radius 2 is 2.07 bits per heavy atom. The lowest BCUT2D eigenvalue weighted by Crippen LogP contribution is -2.17. The summed E-state index contributed by atoms with van der Waals surface area (Å²) in [7, 11) is 0. The predicted molar refractivity (Wildman–Crippen MR) is 101 cm³/mol. The van der Waals surface area contributed by atoms with Gasteiger partial charge < -0.3 is 5.73 Å². The van der Waals surface area contributed by atoms with E-state index in [1.54, 1.807) is 24.7 Å². The van der Waals surface area contributed by atoms with Crippen LogP contribution >= 0.6 is 0 Å². The first-order valence-electron chi connectivity index (χ1n) is 9.19.